The largest absolute Gasteiger partial charge is 0.497 e. The van der Waals surface area contributed by atoms with Crippen molar-refractivity contribution in [2.75, 3.05) is 24.5 Å². The first-order valence-corrected chi connectivity index (χ1v) is 10.6. The molecule has 0 bridgehead atoms. The Bertz CT molecular complexity index is 793. The lowest BCUT2D eigenvalue weighted by Crippen LogP contribution is -2.55. The van der Waals surface area contributed by atoms with Crippen LogP contribution in [-0.2, 0) is 14.0 Å². The molecule has 6 nitrogen and oxygen atoms in total. The van der Waals surface area contributed by atoms with Crippen LogP contribution in [0.5, 0.6) is 0 Å². The molecule has 0 N–H and O–H groups in total. The highest BCUT2D eigenvalue weighted by molar-refractivity contribution is 6.62. The Hall–Kier alpha value is -1.80. The average Bonchev–Trinajstić information content (AvgIpc) is 2.80. The van der Waals surface area contributed by atoms with E-state index in [4.69, 9.17) is 14.0 Å². The van der Waals surface area contributed by atoms with E-state index in [1.54, 1.807) is 11.0 Å². The average molecular weight is 420 g/mol. The van der Waals surface area contributed by atoms with E-state index in [0.717, 1.165) is 5.69 Å². The van der Waals surface area contributed by atoms with E-state index in [-0.39, 0.29) is 18.0 Å². The van der Waals surface area contributed by atoms with Crippen molar-refractivity contribution in [3.05, 3.63) is 24.0 Å². The van der Waals surface area contributed by atoms with Crippen molar-refractivity contribution in [3.8, 4) is 0 Å². The predicted octanol–water partition coefficient (Wildman–Crippen LogP) is 3.57. The summed E-state index contributed by atoms with van der Waals surface area (Å²) in [5.74, 6) is -0.353. The minimum absolute atomic E-state index is 0.0422. The number of carbonyl (C=O) groups excluding carboxylic acids is 1. The van der Waals surface area contributed by atoms with Gasteiger partial charge in [-0.3, -0.25) is 0 Å². The number of benzene rings is 1. The molecule has 1 aromatic carbocycles. The summed E-state index contributed by atoms with van der Waals surface area (Å²) in [5.41, 5.74) is -0.381. The molecule has 1 aromatic rings. The van der Waals surface area contributed by atoms with Gasteiger partial charge in [-0.15, -0.1) is 0 Å². The van der Waals surface area contributed by atoms with Crippen molar-refractivity contribution >= 4 is 24.4 Å². The van der Waals surface area contributed by atoms with Crippen molar-refractivity contribution in [2.24, 2.45) is 0 Å². The van der Waals surface area contributed by atoms with Crippen LogP contribution >= 0.6 is 0 Å². The number of amides is 1. The van der Waals surface area contributed by atoms with Crippen LogP contribution < -0.4 is 10.4 Å². The Morgan fingerprint density at radius 2 is 1.77 bits per heavy atom. The van der Waals surface area contributed by atoms with Gasteiger partial charge in [-0.1, -0.05) is 6.07 Å². The van der Waals surface area contributed by atoms with Gasteiger partial charge in [-0.05, 0) is 67.5 Å². The zero-order chi connectivity index (χ0) is 22.5. The van der Waals surface area contributed by atoms with Crippen LogP contribution in [0.15, 0.2) is 18.2 Å². The maximum Gasteiger partial charge on any atom is 0.497 e. The lowest BCUT2D eigenvalue weighted by molar-refractivity contribution is 0.00578. The summed E-state index contributed by atoms with van der Waals surface area (Å²) >= 11 is 0. The molecule has 0 unspecified atom stereocenters. The number of halogens is 1. The van der Waals surface area contributed by atoms with Crippen LogP contribution in [0.2, 0.25) is 0 Å². The van der Waals surface area contributed by atoms with Crippen molar-refractivity contribution in [2.45, 2.75) is 78.2 Å². The Balaban J connectivity index is 1.69. The zero-order valence-electron chi connectivity index (χ0n) is 19.4. The molecule has 2 aliphatic heterocycles. The molecule has 2 aliphatic rings. The standard InChI is InChI=1S/C22H34BFN2O4/c1-15-14-25(11-12-26(15)19(27)28-20(2,3)4)16-9-10-17(18(24)13-16)23-29-21(5,6)22(7,8)30-23/h9-10,13,15H,11-12,14H2,1-8H3/t15-/m1/s1. The number of rotatable bonds is 2. The number of hydrogen-bond acceptors (Lipinski definition) is 5. The van der Waals surface area contributed by atoms with Gasteiger partial charge in [0.05, 0.1) is 11.2 Å². The van der Waals surface area contributed by atoms with E-state index < -0.39 is 23.9 Å². The SMILES string of the molecule is C[C@@H]1CN(c2ccc(B3OC(C)(C)C(C)(C)O3)c(F)c2)CCN1C(=O)OC(C)(C)C. The van der Waals surface area contributed by atoms with Gasteiger partial charge in [-0.25, -0.2) is 9.18 Å². The van der Waals surface area contributed by atoms with Crippen molar-refractivity contribution < 1.29 is 23.2 Å². The van der Waals surface area contributed by atoms with Crippen molar-refractivity contribution in [3.63, 3.8) is 0 Å². The van der Waals surface area contributed by atoms with Gasteiger partial charge < -0.3 is 23.8 Å². The number of hydrogen-bond donors (Lipinski definition) is 0. The van der Waals surface area contributed by atoms with Gasteiger partial charge in [0.1, 0.15) is 11.4 Å². The Labute approximate surface area is 179 Å². The molecule has 0 saturated carbocycles. The first-order chi connectivity index (χ1) is 13.7. The van der Waals surface area contributed by atoms with E-state index >= 15 is 0 Å². The zero-order valence-corrected chi connectivity index (χ0v) is 19.4. The minimum Gasteiger partial charge on any atom is -0.444 e. The molecule has 0 spiro atoms. The first-order valence-electron chi connectivity index (χ1n) is 10.6. The van der Waals surface area contributed by atoms with E-state index in [1.165, 1.54) is 6.07 Å². The topological polar surface area (TPSA) is 51.2 Å². The number of anilines is 1. The Morgan fingerprint density at radius 3 is 2.27 bits per heavy atom. The molecule has 0 aromatic heterocycles. The fourth-order valence-electron chi connectivity index (χ4n) is 3.66. The summed E-state index contributed by atoms with van der Waals surface area (Å²) in [7, 11) is -0.730. The van der Waals surface area contributed by atoms with Gasteiger partial charge in [0.25, 0.3) is 0 Å². The Morgan fingerprint density at radius 1 is 1.17 bits per heavy atom. The summed E-state index contributed by atoms with van der Waals surface area (Å²) in [6.07, 6.45) is -0.308. The highest BCUT2D eigenvalue weighted by atomic mass is 19.1. The smallest absolute Gasteiger partial charge is 0.444 e. The lowest BCUT2D eigenvalue weighted by Gasteiger charge is -2.41. The van der Waals surface area contributed by atoms with E-state index in [9.17, 15) is 9.18 Å². The lowest BCUT2D eigenvalue weighted by atomic mass is 9.78. The van der Waals surface area contributed by atoms with E-state index in [0.29, 0.717) is 25.1 Å². The van der Waals surface area contributed by atoms with Crippen LogP contribution in [0.25, 0.3) is 0 Å². The summed E-state index contributed by atoms with van der Waals surface area (Å²) in [4.78, 5) is 16.2. The monoisotopic (exact) mass is 420 g/mol. The summed E-state index contributed by atoms with van der Waals surface area (Å²) in [6.45, 7) is 17.1. The van der Waals surface area contributed by atoms with Crippen LogP contribution in [0.3, 0.4) is 0 Å². The molecule has 30 heavy (non-hydrogen) atoms. The molecular formula is C22H34BFN2O4. The van der Waals surface area contributed by atoms with Gasteiger partial charge in [0.15, 0.2) is 0 Å². The molecule has 2 heterocycles. The van der Waals surface area contributed by atoms with Crippen molar-refractivity contribution in [1.82, 2.24) is 4.90 Å². The second kappa shape index (κ2) is 7.72. The third-order valence-corrected chi connectivity index (χ3v) is 6.11. The normalized spacial score (nSPS) is 23.6. The molecule has 2 fully saturated rings. The summed E-state index contributed by atoms with van der Waals surface area (Å²) in [5, 5.41) is 0. The third kappa shape index (κ3) is 4.59. The second-order valence-electron chi connectivity index (χ2n) is 10.3. The van der Waals surface area contributed by atoms with Gasteiger partial charge >= 0.3 is 13.2 Å². The molecule has 8 heteroatoms. The molecule has 1 amide bonds. The minimum atomic E-state index is -0.730. The molecule has 166 valence electrons. The fraction of sp³-hybridized carbons (Fsp3) is 0.682. The number of nitrogens with zero attached hydrogens (tertiary/aromatic N) is 2. The summed E-state index contributed by atoms with van der Waals surface area (Å²) in [6, 6.07) is 5.10. The quantitative estimate of drug-likeness (QED) is 0.685. The third-order valence-electron chi connectivity index (χ3n) is 6.11. The summed E-state index contributed by atoms with van der Waals surface area (Å²) < 4.78 is 32.4. The van der Waals surface area contributed by atoms with Crippen LogP contribution in [0.4, 0.5) is 14.9 Å². The Kier molecular flexibility index (Phi) is 5.88. The molecule has 3 rings (SSSR count). The van der Waals surface area contributed by atoms with Crippen LogP contribution in [0, 0.1) is 5.82 Å². The highest BCUT2D eigenvalue weighted by Gasteiger charge is 2.52. The van der Waals surface area contributed by atoms with E-state index in [1.807, 2.05) is 61.5 Å². The molecule has 0 aliphatic carbocycles. The van der Waals surface area contributed by atoms with Gasteiger partial charge in [-0.2, -0.15) is 0 Å². The number of carbonyl (C=O) groups is 1. The maximum atomic E-state index is 15.0. The molecular weight excluding hydrogens is 386 g/mol. The van der Waals surface area contributed by atoms with Gasteiger partial charge in [0.2, 0.25) is 0 Å². The molecule has 2 saturated heterocycles. The molecule has 0 radical (unpaired) electrons. The second-order valence-corrected chi connectivity index (χ2v) is 10.3. The highest BCUT2D eigenvalue weighted by Crippen LogP contribution is 2.36. The van der Waals surface area contributed by atoms with Crippen molar-refractivity contribution in [1.29, 1.82) is 0 Å². The van der Waals surface area contributed by atoms with E-state index in [2.05, 4.69) is 4.90 Å². The number of ether oxygens (including phenoxy) is 1. The predicted molar refractivity (Wildman–Crippen MR) is 117 cm³/mol. The molecule has 1 atom stereocenters. The maximum absolute atomic E-state index is 15.0. The van der Waals surface area contributed by atoms with Crippen LogP contribution in [-0.4, -0.2) is 60.6 Å². The van der Waals surface area contributed by atoms with Gasteiger partial charge in [0, 0.05) is 36.8 Å². The number of piperazine rings is 1. The van der Waals surface area contributed by atoms with Crippen LogP contribution in [0.1, 0.15) is 55.4 Å². The fourth-order valence-corrected chi connectivity index (χ4v) is 3.66. The first kappa shape index (κ1) is 22.9.